The molecule has 0 radical (unpaired) electrons. The van der Waals surface area contributed by atoms with Crippen LogP contribution in [0.25, 0.3) is 0 Å². The first-order valence-corrected chi connectivity index (χ1v) is 8.97. The number of halogens is 1. The lowest BCUT2D eigenvalue weighted by molar-refractivity contribution is 0.0498. The second-order valence-corrected chi connectivity index (χ2v) is 7.35. The summed E-state index contributed by atoms with van der Waals surface area (Å²) in [5.41, 5.74) is 2.90. The molecule has 5 heteroatoms. The molecule has 0 aliphatic carbocycles. The third-order valence-electron chi connectivity index (χ3n) is 4.81. The molecule has 2 heterocycles. The first kappa shape index (κ1) is 15.7. The van der Waals surface area contributed by atoms with Crippen LogP contribution in [0.4, 0.5) is 5.69 Å². The molecule has 4 rings (SSSR count). The Morgan fingerprint density at radius 3 is 2.96 bits per heavy atom. The third-order valence-corrected chi connectivity index (χ3v) is 5.35. The fourth-order valence-electron chi connectivity index (χ4n) is 3.65. The molecule has 0 unspecified atom stereocenters. The topological polar surface area (TPSA) is 24.5 Å². The monoisotopic (exact) mass is 358 g/mol. The molecule has 0 saturated carbocycles. The molecule has 1 fully saturated rings. The summed E-state index contributed by atoms with van der Waals surface area (Å²) in [5, 5.41) is 4.86. The van der Waals surface area contributed by atoms with E-state index in [1.165, 1.54) is 5.56 Å². The number of aryl methyl sites for hydroxylation is 1. The highest BCUT2D eigenvalue weighted by Gasteiger charge is 2.48. The Morgan fingerprint density at radius 1 is 1.33 bits per heavy atom. The number of nitrogens with zero attached hydrogens (tertiary/aromatic N) is 1. The number of hydrogen-bond donors (Lipinski definition) is 1. The summed E-state index contributed by atoms with van der Waals surface area (Å²) in [7, 11) is 0. The smallest absolute Gasteiger partial charge is 0.188 e. The molecule has 3 nitrogen and oxygen atoms in total. The van der Waals surface area contributed by atoms with E-state index >= 15 is 0 Å². The Bertz CT molecular complexity index is 825. The molecule has 2 atom stereocenters. The summed E-state index contributed by atoms with van der Waals surface area (Å²) in [6.07, 6.45) is 1.79. The lowest BCUT2D eigenvalue weighted by Crippen LogP contribution is -2.65. The molecule has 0 spiro atoms. The van der Waals surface area contributed by atoms with Crippen molar-refractivity contribution in [1.82, 2.24) is 5.32 Å². The highest BCUT2D eigenvalue weighted by atomic mass is 35.5. The molecule has 2 aliphatic heterocycles. The maximum atomic E-state index is 6.40. The minimum Gasteiger partial charge on any atom is -0.467 e. The molecule has 2 aliphatic rings. The normalized spacial score (nSPS) is 24.9. The molecule has 124 valence electrons. The van der Waals surface area contributed by atoms with Crippen molar-refractivity contribution in [1.29, 1.82) is 0 Å². The first-order valence-electron chi connectivity index (χ1n) is 8.18. The van der Waals surface area contributed by atoms with Crippen LogP contribution in [0.2, 0.25) is 5.02 Å². The quantitative estimate of drug-likeness (QED) is 0.776. The van der Waals surface area contributed by atoms with Crippen molar-refractivity contribution in [3.63, 3.8) is 0 Å². The molecule has 1 saturated heterocycles. The van der Waals surface area contributed by atoms with E-state index in [1.54, 1.807) is 0 Å². The average molecular weight is 359 g/mol. The average Bonchev–Trinajstić information content (AvgIpc) is 2.55. The van der Waals surface area contributed by atoms with E-state index in [2.05, 4.69) is 48.3 Å². The second kappa shape index (κ2) is 5.64. The van der Waals surface area contributed by atoms with Crippen molar-refractivity contribution in [3.05, 3.63) is 58.6 Å². The summed E-state index contributed by atoms with van der Waals surface area (Å²) in [6, 6.07) is 14.4. The summed E-state index contributed by atoms with van der Waals surface area (Å²) < 4.78 is 6.40. The van der Waals surface area contributed by atoms with Crippen molar-refractivity contribution >= 4 is 34.6 Å². The van der Waals surface area contributed by atoms with E-state index in [0.29, 0.717) is 10.1 Å². The van der Waals surface area contributed by atoms with Crippen LogP contribution in [-0.4, -0.2) is 10.8 Å². The second-order valence-electron chi connectivity index (χ2n) is 6.52. The molecule has 1 N–H and O–H groups in total. The minimum absolute atomic E-state index is 0.121. The third kappa shape index (κ3) is 2.45. The van der Waals surface area contributed by atoms with Crippen LogP contribution >= 0.6 is 23.8 Å². The molecular weight excluding hydrogens is 340 g/mol. The van der Waals surface area contributed by atoms with Crippen LogP contribution in [-0.2, 0) is 6.42 Å². The van der Waals surface area contributed by atoms with E-state index in [-0.39, 0.29) is 6.04 Å². The van der Waals surface area contributed by atoms with Crippen LogP contribution in [0, 0.1) is 0 Å². The predicted molar refractivity (Wildman–Crippen MR) is 102 cm³/mol. The number of nitrogens with one attached hydrogen (secondary N) is 1. The Balaban J connectivity index is 1.79. The van der Waals surface area contributed by atoms with Gasteiger partial charge in [0, 0.05) is 22.7 Å². The SMILES string of the molecule is CCc1cccc(N2C(=S)N[C@H]3C[C@@]2(C)Oc2ccc(Cl)cc23)c1. The molecule has 24 heavy (non-hydrogen) atoms. The summed E-state index contributed by atoms with van der Waals surface area (Å²) >= 11 is 11.8. The van der Waals surface area contributed by atoms with Crippen molar-refractivity contribution in [3.8, 4) is 5.75 Å². The van der Waals surface area contributed by atoms with Gasteiger partial charge in [0.2, 0.25) is 0 Å². The Labute approximate surface area is 152 Å². The number of thiocarbonyl (C=S) groups is 1. The van der Waals surface area contributed by atoms with Crippen LogP contribution in [0.3, 0.4) is 0 Å². The van der Waals surface area contributed by atoms with Gasteiger partial charge < -0.3 is 10.1 Å². The van der Waals surface area contributed by atoms with E-state index in [0.717, 1.165) is 29.8 Å². The number of rotatable bonds is 2. The first-order chi connectivity index (χ1) is 11.5. The van der Waals surface area contributed by atoms with Crippen molar-refractivity contribution in [2.75, 3.05) is 4.90 Å². The summed E-state index contributed by atoms with van der Waals surface area (Å²) in [4.78, 5) is 2.09. The van der Waals surface area contributed by atoms with Crippen LogP contribution in [0.1, 0.15) is 37.4 Å². The zero-order valence-electron chi connectivity index (χ0n) is 13.7. The largest absolute Gasteiger partial charge is 0.467 e. The van der Waals surface area contributed by atoms with Gasteiger partial charge in [0.1, 0.15) is 5.75 Å². The van der Waals surface area contributed by atoms with Gasteiger partial charge in [0.15, 0.2) is 10.8 Å². The van der Waals surface area contributed by atoms with Gasteiger partial charge in [-0.3, -0.25) is 4.90 Å². The zero-order valence-corrected chi connectivity index (χ0v) is 15.2. The van der Waals surface area contributed by atoms with Crippen LogP contribution in [0.15, 0.2) is 42.5 Å². The Hall–Kier alpha value is -1.78. The highest BCUT2D eigenvalue weighted by molar-refractivity contribution is 7.80. The maximum absolute atomic E-state index is 6.40. The predicted octanol–water partition coefficient (Wildman–Crippen LogP) is 4.84. The fourth-order valence-corrected chi connectivity index (χ4v) is 4.27. The van der Waals surface area contributed by atoms with Gasteiger partial charge in [-0.25, -0.2) is 0 Å². The van der Waals surface area contributed by atoms with Gasteiger partial charge in [-0.15, -0.1) is 0 Å². The minimum atomic E-state index is -0.514. The van der Waals surface area contributed by atoms with Crippen LogP contribution in [0.5, 0.6) is 5.75 Å². The number of fused-ring (bicyclic) bond motifs is 4. The van der Waals surface area contributed by atoms with Gasteiger partial charge in [-0.2, -0.15) is 0 Å². The van der Waals surface area contributed by atoms with E-state index in [4.69, 9.17) is 28.6 Å². The molecule has 0 aromatic heterocycles. The Kier molecular flexibility index (Phi) is 3.70. The standard InChI is InChI=1S/C19H19ClN2OS/c1-3-12-5-4-6-14(9-12)22-18(24)21-16-11-19(22,2)23-17-8-7-13(20)10-15(16)17/h4-10,16H,3,11H2,1-2H3,(H,21,24)/t16-,19+/m0/s1. The van der Waals surface area contributed by atoms with E-state index < -0.39 is 5.72 Å². The lowest BCUT2D eigenvalue weighted by atomic mass is 9.90. The van der Waals surface area contributed by atoms with E-state index in [9.17, 15) is 0 Å². The molecule has 0 amide bonds. The fraction of sp³-hybridized carbons (Fsp3) is 0.316. The molecule has 2 aromatic carbocycles. The van der Waals surface area contributed by atoms with Crippen molar-refractivity contribution in [2.45, 2.75) is 38.5 Å². The highest BCUT2D eigenvalue weighted by Crippen LogP contribution is 2.46. The number of anilines is 1. The van der Waals surface area contributed by atoms with Crippen LogP contribution < -0.4 is 15.0 Å². The van der Waals surface area contributed by atoms with Crippen molar-refractivity contribution < 1.29 is 4.74 Å². The number of ether oxygens (including phenoxy) is 1. The lowest BCUT2D eigenvalue weighted by Gasteiger charge is -2.52. The Morgan fingerprint density at radius 2 is 2.17 bits per heavy atom. The van der Waals surface area contributed by atoms with Gasteiger partial charge in [0.25, 0.3) is 0 Å². The van der Waals surface area contributed by atoms with Gasteiger partial charge in [-0.05, 0) is 61.5 Å². The molecular formula is C19H19ClN2OS. The molecule has 2 bridgehead atoms. The number of hydrogen-bond acceptors (Lipinski definition) is 2. The van der Waals surface area contributed by atoms with E-state index in [1.807, 2.05) is 18.2 Å². The molecule has 2 aromatic rings. The summed E-state index contributed by atoms with van der Waals surface area (Å²) in [5.74, 6) is 0.866. The van der Waals surface area contributed by atoms with Gasteiger partial charge in [0.05, 0.1) is 6.04 Å². The maximum Gasteiger partial charge on any atom is 0.188 e. The van der Waals surface area contributed by atoms with Gasteiger partial charge >= 0.3 is 0 Å². The van der Waals surface area contributed by atoms with Gasteiger partial charge in [-0.1, -0.05) is 30.7 Å². The van der Waals surface area contributed by atoms with Crippen molar-refractivity contribution in [2.24, 2.45) is 0 Å². The summed E-state index contributed by atoms with van der Waals surface area (Å²) in [6.45, 7) is 4.25. The number of benzene rings is 2. The zero-order chi connectivity index (χ0) is 16.9.